The van der Waals surface area contributed by atoms with Crippen LogP contribution in [0, 0.1) is 0 Å². The van der Waals surface area contributed by atoms with Crippen LogP contribution in [-0.2, 0) is 15.3 Å². The maximum atomic E-state index is 11.4. The highest BCUT2D eigenvalue weighted by Gasteiger charge is 2.08. The zero-order valence-electron chi connectivity index (χ0n) is 12.8. The lowest BCUT2D eigenvalue weighted by atomic mass is 10.0. The topological polar surface area (TPSA) is 64.1 Å². The molecule has 1 amide bonds. The number of nitrogens with zero attached hydrogens (tertiary/aromatic N) is 2. The normalized spacial score (nSPS) is 10.9. The van der Waals surface area contributed by atoms with Crippen molar-refractivity contribution in [3.8, 4) is 0 Å². The third-order valence-corrected chi connectivity index (χ3v) is 4.98. The highest BCUT2D eigenvalue weighted by atomic mass is 32.2. The standard InChI is InChI=1S/C15H19N3O2S2/c1-10(2)12-6-4-11(5-7-12)9-21-15-18-17-14(22-15)16-13(19)8-20-3/h4-7,10H,8-9H2,1-3H3,(H,16,17,19). The number of anilines is 1. The van der Waals surface area contributed by atoms with Gasteiger partial charge in [-0.1, -0.05) is 61.2 Å². The van der Waals surface area contributed by atoms with Crippen molar-refractivity contribution in [3.05, 3.63) is 35.4 Å². The Morgan fingerprint density at radius 1 is 1.32 bits per heavy atom. The number of hydrogen-bond acceptors (Lipinski definition) is 6. The maximum Gasteiger partial charge on any atom is 0.252 e. The lowest BCUT2D eigenvalue weighted by Crippen LogP contribution is -2.16. The summed E-state index contributed by atoms with van der Waals surface area (Å²) in [7, 11) is 1.48. The van der Waals surface area contributed by atoms with Crippen molar-refractivity contribution in [2.75, 3.05) is 19.0 Å². The molecule has 0 aliphatic heterocycles. The van der Waals surface area contributed by atoms with Gasteiger partial charge in [0.15, 0.2) is 4.34 Å². The first-order valence-electron chi connectivity index (χ1n) is 6.92. The average Bonchev–Trinajstić information content (AvgIpc) is 2.93. The Morgan fingerprint density at radius 3 is 2.68 bits per heavy atom. The Hall–Kier alpha value is -1.44. The number of carbonyl (C=O) groups excluding carboxylic acids is 1. The Balaban J connectivity index is 1.86. The number of rotatable bonds is 7. The summed E-state index contributed by atoms with van der Waals surface area (Å²) in [4.78, 5) is 11.4. The molecule has 1 heterocycles. The molecule has 1 aromatic carbocycles. The first kappa shape index (κ1) is 16.9. The first-order valence-corrected chi connectivity index (χ1v) is 8.72. The van der Waals surface area contributed by atoms with Gasteiger partial charge in [0.1, 0.15) is 6.61 Å². The predicted molar refractivity (Wildman–Crippen MR) is 90.5 cm³/mol. The molecule has 0 bridgehead atoms. The van der Waals surface area contributed by atoms with Crippen LogP contribution < -0.4 is 5.32 Å². The molecule has 1 aromatic heterocycles. The second kappa shape index (κ2) is 8.26. The van der Waals surface area contributed by atoms with Crippen LogP contribution in [0.4, 0.5) is 5.13 Å². The molecule has 0 fully saturated rings. The highest BCUT2D eigenvalue weighted by molar-refractivity contribution is 8.00. The Labute approximate surface area is 138 Å². The van der Waals surface area contributed by atoms with Gasteiger partial charge in [0.05, 0.1) is 0 Å². The van der Waals surface area contributed by atoms with Gasteiger partial charge in [0.2, 0.25) is 5.13 Å². The smallest absolute Gasteiger partial charge is 0.252 e. The molecule has 5 nitrogen and oxygen atoms in total. The Bertz CT molecular complexity index is 612. The predicted octanol–water partition coefficient (Wildman–Crippen LogP) is 3.54. The molecule has 22 heavy (non-hydrogen) atoms. The molecule has 0 aliphatic carbocycles. The summed E-state index contributed by atoms with van der Waals surface area (Å²) in [5.41, 5.74) is 2.59. The van der Waals surface area contributed by atoms with Crippen LogP contribution in [0.3, 0.4) is 0 Å². The van der Waals surface area contributed by atoms with Gasteiger partial charge in [0.25, 0.3) is 5.91 Å². The number of methoxy groups -OCH3 is 1. The molecule has 2 aromatic rings. The number of nitrogens with one attached hydrogen (secondary N) is 1. The van der Waals surface area contributed by atoms with Crippen LogP contribution in [0.25, 0.3) is 0 Å². The fourth-order valence-corrected chi connectivity index (χ4v) is 3.47. The molecular weight excluding hydrogens is 318 g/mol. The van der Waals surface area contributed by atoms with Gasteiger partial charge in [-0.05, 0) is 17.0 Å². The zero-order chi connectivity index (χ0) is 15.9. The quantitative estimate of drug-likeness (QED) is 0.618. The first-order chi connectivity index (χ1) is 10.6. The van der Waals surface area contributed by atoms with Crippen LogP contribution >= 0.6 is 23.1 Å². The van der Waals surface area contributed by atoms with Crippen molar-refractivity contribution in [3.63, 3.8) is 0 Å². The number of ether oxygens (including phenoxy) is 1. The van der Waals surface area contributed by atoms with Gasteiger partial charge in [-0.2, -0.15) is 0 Å². The molecule has 0 atom stereocenters. The summed E-state index contributed by atoms with van der Waals surface area (Å²) < 4.78 is 5.59. The van der Waals surface area contributed by atoms with Crippen molar-refractivity contribution < 1.29 is 9.53 Å². The van der Waals surface area contributed by atoms with E-state index >= 15 is 0 Å². The van der Waals surface area contributed by atoms with Crippen molar-refractivity contribution in [2.45, 2.75) is 29.9 Å². The van der Waals surface area contributed by atoms with Crippen LogP contribution in [0.1, 0.15) is 30.9 Å². The number of benzene rings is 1. The van der Waals surface area contributed by atoms with E-state index in [-0.39, 0.29) is 12.5 Å². The highest BCUT2D eigenvalue weighted by Crippen LogP contribution is 2.28. The third-order valence-electron chi connectivity index (χ3n) is 2.94. The molecule has 0 aliphatic rings. The second-order valence-electron chi connectivity index (χ2n) is 5.04. The minimum absolute atomic E-state index is 0.0181. The van der Waals surface area contributed by atoms with E-state index in [4.69, 9.17) is 4.74 Å². The molecule has 0 saturated heterocycles. The maximum absolute atomic E-state index is 11.4. The molecule has 0 unspecified atom stereocenters. The molecule has 0 radical (unpaired) electrons. The van der Waals surface area contributed by atoms with Crippen LogP contribution in [0.2, 0.25) is 0 Å². The lowest BCUT2D eigenvalue weighted by molar-refractivity contribution is -0.119. The van der Waals surface area contributed by atoms with Gasteiger partial charge >= 0.3 is 0 Å². The SMILES string of the molecule is COCC(=O)Nc1nnc(SCc2ccc(C(C)C)cc2)s1. The van der Waals surface area contributed by atoms with E-state index in [1.807, 2.05) is 0 Å². The molecular formula is C15H19N3O2S2. The van der Waals surface area contributed by atoms with Gasteiger partial charge < -0.3 is 4.74 Å². The number of thioether (sulfide) groups is 1. The van der Waals surface area contributed by atoms with Crippen LogP contribution in [-0.4, -0.2) is 29.8 Å². The Morgan fingerprint density at radius 2 is 2.05 bits per heavy atom. The average molecular weight is 337 g/mol. The third kappa shape index (κ3) is 5.08. The molecule has 7 heteroatoms. The van der Waals surface area contributed by atoms with Gasteiger partial charge in [-0.15, -0.1) is 10.2 Å². The van der Waals surface area contributed by atoms with E-state index in [9.17, 15) is 4.79 Å². The Kier molecular flexibility index (Phi) is 6.35. The minimum Gasteiger partial charge on any atom is -0.375 e. The molecule has 0 saturated carbocycles. The molecule has 1 N–H and O–H groups in total. The summed E-state index contributed by atoms with van der Waals surface area (Å²) in [6.07, 6.45) is 0. The number of carbonyl (C=O) groups is 1. The van der Waals surface area contributed by atoms with Crippen molar-refractivity contribution in [1.82, 2.24) is 10.2 Å². The second-order valence-corrected chi connectivity index (χ2v) is 7.24. The number of amides is 1. The largest absolute Gasteiger partial charge is 0.375 e. The monoisotopic (exact) mass is 337 g/mol. The van der Waals surface area contributed by atoms with Crippen molar-refractivity contribution in [1.29, 1.82) is 0 Å². The fourth-order valence-electron chi connectivity index (χ4n) is 1.75. The zero-order valence-corrected chi connectivity index (χ0v) is 14.5. The molecule has 2 rings (SSSR count). The lowest BCUT2D eigenvalue weighted by Gasteiger charge is -2.05. The summed E-state index contributed by atoms with van der Waals surface area (Å²) in [6, 6.07) is 8.61. The van der Waals surface area contributed by atoms with Gasteiger partial charge in [-0.25, -0.2) is 0 Å². The van der Waals surface area contributed by atoms with Crippen LogP contribution in [0.5, 0.6) is 0 Å². The number of hydrogen-bond donors (Lipinski definition) is 1. The minimum atomic E-state index is -0.223. The molecule has 0 spiro atoms. The van der Waals surface area contributed by atoms with Crippen molar-refractivity contribution in [2.24, 2.45) is 0 Å². The van der Waals surface area contributed by atoms with E-state index in [0.29, 0.717) is 11.0 Å². The van der Waals surface area contributed by atoms with Crippen LogP contribution in [0.15, 0.2) is 28.6 Å². The number of aromatic nitrogens is 2. The van der Waals surface area contributed by atoms with Crippen molar-refractivity contribution >= 4 is 34.1 Å². The summed E-state index contributed by atoms with van der Waals surface area (Å²) in [5, 5.41) is 11.2. The van der Waals surface area contributed by atoms with E-state index < -0.39 is 0 Å². The van der Waals surface area contributed by atoms with E-state index in [0.717, 1.165) is 10.1 Å². The van der Waals surface area contributed by atoms with E-state index in [2.05, 4.69) is 53.6 Å². The van der Waals surface area contributed by atoms with E-state index in [1.165, 1.54) is 29.6 Å². The van der Waals surface area contributed by atoms with Gasteiger partial charge in [0, 0.05) is 12.9 Å². The van der Waals surface area contributed by atoms with Gasteiger partial charge in [-0.3, -0.25) is 10.1 Å². The van der Waals surface area contributed by atoms with E-state index in [1.54, 1.807) is 11.8 Å². The summed E-state index contributed by atoms with van der Waals surface area (Å²) >= 11 is 2.98. The summed E-state index contributed by atoms with van der Waals surface area (Å²) in [5.74, 6) is 1.15. The fraction of sp³-hybridized carbons (Fsp3) is 0.400. The molecule has 118 valence electrons. The summed E-state index contributed by atoms with van der Waals surface area (Å²) in [6.45, 7) is 4.39.